The minimum Gasteiger partial charge on any atom is -0.466 e. The topological polar surface area (TPSA) is 108 Å². The van der Waals surface area contributed by atoms with Crippen molar-refractivity contribution in [2.24, 2.45) is 0 Å². The Labute approximate surface area is 270 Å². The molecule has 0 saturated carbocycles. The van der Waals surface area contributed by atoms with Crippen LogP contribution < -0.4 is 5.32 Å². The van der Waals surface area contributed by atoms with Gasteiger partial charge >= 0.3 is 18.0 Å². The number of halogens is 1. The normalized spacial score (nSPS) is 12.2. The molecule has 0 saturated heterocycles. The summed E-state index contributed by atoms with van der Waals surface area (Å²) in [7, 11) is 0. The van der Waals surface area contributed by atoms with Crippen LogP contribution in [0.5, 0.6) is 0 Å². The van der Waals surface area contributed by atoms with Crippen LogP contribution in [0.25, 0.3) is 11.1 Å². The average Bonchev–Trinajstić information content (AvgIpc) is 2.92. The molecule has 0 aliphatic carbocycles. The van der Waals surface area contributed by atoms with E-state index in [1.54, 1.807) is 85.7 Å². The maximum absolute atomic E-state index is 15.8. The van der Waals surface area contributed by atoms with Gasteiger partial charge in [-0.25, -0.2) is 14.0 Å². The Morgan fingerprint density at radius 2 is 1.50 bits per heavy atom. The molecule has 0 aliphatic rings. The van der Waals surface area contributed by atoms with Crippen molar-refractivity contribution < 1.29 is 37.8 Å². The van der Waals surface area contributed by atoms with Crippen LogP contribution in [-0.2, 0) is 30.2 Å². The summed E-state index contributed by atoms with van der Waals surface area (Å²) >= 11 is 0. The molecule has 0 aliphatic heterocycles. The van der Waals surface area contributed by atoms with E-state index in [-0.39, 0.29) is 24.2 Å². The average molecular weight is 634 g/mol. The van der Waals surface area contributed by atoms with Crippen molar-refractivity contribution in [3.8, 4) is 11.1 Å². The number of benzene rings is 3. The largest absolute Gasteiger partial charge is 0.466 e. The van der Waals surface area contributed by atoms with Crippen molar-refractivity contribution >= 4 is 23.8 Å². The summed E-state index contributed by atoms with van der Waals surface area (Å²) in [6.07, 6.45) is -0.686. The first-order valence-corrected chi connectivity index (χ1v) is 15.3. The summed E-state index contributed by atoms with van der Waals surface area (Å²) in [6.45, 7) is 15.6. The van der Waals surface area contributed by atoms with Gasteiger partial charge in [0.05, 0.1) is 19.1 Å². The van der Waals surface area contributed by atoms with E-state index in [1.807, 2.05) is 31.2 Å². The number of Topliss-reactive ketones (excluding diaryl/α,β-unsaturated/α-hetero) is 1. The molecule has 1 N–H and O–H groups in total. The third-order valence-corrected chi connectivity index (χ3v) is 6.84. The summed E-state index contributed by atoms with van der Waals surface area (Å²) in [4.78, 5) is 50.6. The number of alkyl carbamates (subject to hydrolysis) is 1. The number of hydrogen-bond acceptors (Lipinski definition) is 7. The van der Waals surface area contributed by atoms with E-state index in [0.717, 1.165) is 22.3 Å². The third kappa shape index (κ3) is 9.99. The second-order valence-corrected chi connectivity index (χ2v) is 13.2. The van der Waals surface area contributed by atoms with Gasteiger partial charge in [0.1, 0.15) is 17.0 Å². The third-order valence-electron chi connectivity index (χ3n) is 6.84. The van der Waals surface area contributed by atoms with Gasteiger partial charge in [-0.2, -0.15) is 0 Å². The van der Waals surface area contributed by atoms with Crippen LogP contribution in [0.1, 0.15) is 99.1 Å². The monoisotopic (exact) mass is 633 g/mol. The molecule has 0 spiro atoms. The summed E-state index contributed by atoms with van der Waals surface area (Å²) in [5.74, 6) is -2.81. The van der Waals surface area contributed by atoms with Gasteiger partial charge in [0.25, 0.3) is 5.78 Å². The molecule has 3 aromatic carbocycles. The Morgan fingerprint density at radius 3 is 2.13 bits per heavy atom. The lowest BCUT2D eigenvalue weighted by atomic mass is 9.88. The van der Waals surface area contributed by atoms with Crippen molar-refractivity contribution in [2.75, 3.05) is 6.61 Å². The van der Waals surface area contributed by atoms with Crippen LogP contribution in [0, 0.1) is 19.7 Å². The van der Waals surface area contributed by atoms with Gasteiger partial charge in [-0.3, -0.25) is 9.59 Å². The molecule has 0 radical (unpaired) electrons. The number of ether oxygens (including phenoxy) is 3. The zero-order chi connectivity index (χ0) is 34.4. The zero-order valence-electron chi connectivity index (χ0n) is 28.1. The molecule has 0 heterocycles. The number of rotatable bonds is 10. The number of hydrogen-bond donors (Lipinski definition) is 1. The van der Waals surface area contributed by atoms with E-state index in [0.29, 0.717) is 17.5 Å². The first-order valence-electron chi connectivity index (χ1n) is 15.3. The van der Waals surface area contributed by atoms with Gasteiger partial charge in [0.2, 0.25) is 0 Å². The lowest BCUT2D eigenvalue weighted by Gasteiger charge is -2.25. The molecule has 46 heavy (non-hydrogen) atoms. The van der Waals surface area contributed by atoms with Crippen LogP contribution >= 0.6 is 0 Å². The predicted molar refractivity (Wildman–Crippen MR) is 174 cm³/mol. The fourth-order valence-electron chi connectivity index (χ4n) is 5.04. The lowest BCUT2D eigenvalue weighted by molar-refractivity contribution is -0.148. The van der Waals surface area contributed by atoms with E-state index in [1.165, 1.54) is 0 Å². The second-order valence-electron chi connectivity index (χ2n) is 13.2. The Bertz CT molecular complexity index is 1610. The molecule has 3 rings (SSSR count). The van der Waals surface area contributed by atoms with Crippen LogP contribution in [0.2, 0.25) is 0 Å². The first-order chi connectivity index (χ1) is 21.4. The summed E-state index contributed by atoms with van der Waals surface area (Å²) in [5.41, 5.74) is 3.16. The number of aryl methyl sites for hydroxylation is 2. The fraction of sp³-hybridized carbons (Fsp3) is 0.405. The molecule has 246 valence electrons. The molecular weight excluding hydrogens is 589 g/mol. The molecule has 0 aromatic heterocycles. The Hall–Kier alpha value is -4.53. The molecule has 9 heteroatoms. The minimum absolute atomic E-state index is 0.119. The van der Waals surface area contributed by atoms with Crippen LogP contribution in [0.4, 0.5) is 9.18 Å². The van der Waals surface area contributed by atoms with Crippen molar-refractivity contribution in [2.45, 2.75) is 92.4 Å². The van der Waals surface area contributed by atoms with Gasteiger partial charge in [-0.15, -0.1) is 0 Å². The van der Waals surface area contributed by atoms with Gasteiger partial charge in [-0.1, -0.05) is 36.4 Å². The predicted octanol–water partition coefficient (Wildman–Crippen LogP) is 7.74. The molecule has 3 aromatic rings. The lowest BCUT2D eigenvalue weighted by Crippen LogP contribution is -2.36. The maximum Gasteiger partial charge on any atom is 0.408 e. The van der Waals surface area contributed by atoms with E-state index in [9.17, 15) is 19.2 Å². The zero-order valence-corrected chi connectivity index (χ0v) is 28.1. The maximum atomic E-state index is 15.8. The highest BCUT2D eigenvalue weighted by molar-refractivity contribution is 6.40. The molecule has 8 nitrogen and oxygen atoms in total. The van der Waals surface area contributed by atoms with Crippen LogP contribution in [-0.4, -0.2) is 41.6 Å². The van der Waals surface area contributed by atoms with Gasteiger partial charge < -0.3 is 19.5 Å². The number of carbonyl (C=O) groups excluding carboxylic acids is 4. The van der Waals surface area contributed by atoms with E-state index in [2.05, 4.69) is 5.32 Å². The van der Waals surface area contributed by atoms with Crippen molar-refractivity contribution in [3.63, 3.8) is 0 Å². The highest BCUT2D eigenvalue weighted by Crippen LogP contribution is 2.35. The SMILES string of the molecule is CCOC(=O)C[C@H](NC(=O)OC(C)(C)C)c1cc(-c2c(C)cccc2Cc2cccc(C(=O)C(=O)OC(C)(C)C)c2)cc(C)c1F. The van der Waals surface area contributed by atoms with E-state index < -0.39 is 46.9 Å². The number of nitrogens with one attached hydrogen (secondary N) is 1. The van der Waals surface area contributed by atoms with Gasteiger partial charge in [0.15, 0.2) is 0 Å². The number of amides is 1. The minimum atomic E-state index is -1.06. The highest BCUT2D eigenvalue weighted by atomic mass is 19.1. The molecule has 0 unspecified atom stereocenters. The van der Waals surface area contributed by atoms with Crippen LogP contribution in [0.15, 0.2) is 54.6 Å². The first kappa shape index (κ1) is 35.9. The van der Waals surface area contributed by atoms with Gasteiger partial charge in [0, 0.05) is 11.1 Å². The van der Waals surface area contributed by atoms with Gasteiger partial charge in [-0.05, 0) is 120 Å². The smallest absolute Gasteiger partial charge is 0.408 e. The van der Waals surface area contributed by atoms with Crippen molar-refractivity contribution in [3.05, 3.63) is 93.8 Å². The number of carbonyl (C=O) groups is 4. The molecule has 1 atom stereocenters. The molecule has 1 amide bonds. The van der Waals surface area contributed by atoms with Crippen molar-refractivity contribution in [1.29, 1.82) is 0 Å². The highest BCUT2D eigenvalue weighted by Gasteiger charge is 2.28. The molecule has 0 bridgehead atoms. The number of ketones is 1. The Morgan fingerprint density at radius 1 is 0.848 bits per heavy atom. The standard InChI is InChI=1S/C37H44FNO7/c1-10-44-30(40)21-29(39-35(43)46-37(7,8)9)28-20-27(17-23(3)32(28)38)31-22(2)13-11-15-25(31)18-24-14-12-16-26(19-24)33(41)34(42)45-36(4,5)6/h11-17,19-20,29H,10,18,21H2,1-9H3,(H,39,43)/t29-/m0/s1. The second kappa shape index (κ2) is 14.7. The van der Waals surface area contributed by atoms with E-state index >= 15 is 4.39 Å². The summed E-state index contributed by atoms with van der Waals surface area (Å²) in [6, 6.07) is 14.9. The van der Waals surface area contributed by atoms with E-state index in [4.69, 9.17) is 14.2 Å². The fourth-order valence-corrected chi connectivity index (χ4v) is 5.04. The number of esters is 2. The summed E-state index contributed by atoms with van der Waals surface area (Å²) in [5, 5.41) is 2.66. The Balaban J connectivity index is 2.06. The van der Waals surface area contributed by atoms with Crippen LogP contribution in [0.3, 0.4) is 0 Å². The molecule has 0 fully saturated rings. The Kier molecular flexibility index (Phi) is 11.5. The van der Waals surface area contributed by atoms with Crippen molar-refractivity contribution in [1.82, 2.24) is 5.32 Å². The molecular formula is C37H44FNO7. The summed E-state index contributed by atoms with van der Waals surface area (Å²) < 4.78 is 31.6. The quantitative estimate of drug-likeness (QED) is 0.105.